The van der Waals surface area contributed by atoms with Crippen LogP contribution in [-0.2, 0) is 9.53 Å². The predicted molar refractivity (Wildman–Crippen MR) is 119 cm³/mol. The lowest BCUT2D eigenvalue weighted by molar-refractivity contribution is -0.150. The van der Waals surface area contributed by atoms with Gasteiger partial charge in [-0.3, -0.25) is 9.80 Å². The van der Waals surface area contributed by atoms with Gasteiger partial charge in [-0.2, -0.15) is 18.3 Å². The minimum atomic E-state index is -4.35. The first-order chi connectivity index (χ1) is 15.0. The number of nitrogens with zero attached hydrogens (tertiary/aromatic N) is 2. The lowest BCUT2D eigenvalue weighted by Gasteiger charge is -2.31. The van der Waals surface area contributed by atoms with Gasteiger partial charge in [-0.25, -0.2) is 0 Å². The molecule has 8 heteroatoms. The molecule has 2 unspecified atom stereocenters. The minimum Gasteiger partial charge on any atom is -0.513 e. The van der Waals surface area contributed by atoms with Crippen LogP contribution in [0.4, 0.5) is 13.2 Å². The van der Waals surface area contributed by atoms with Crippen molar-refractivity contribution in [2.75, 3.05) is 19.7 Å². The van der Waals surface area contributed by atoms with E-state index in [0.29, 0.717) is 44.5 Å². The number of ether oxygens (including phenoxy) is 1. The molecule has 5 nitrogen and oxygen atoms in total. The van der Waals surface area contributed by atoms with Gasteiger partial charge in [0.1, 0.15) is 0 Å². The van der Waals surface area contributed by atoms with Crippen LogP contribution in [0.2, 0.25) is 0 Å². The molecule has 0 aromatic carbocycles. The first-order valence-electron chi connectivity index (χ1n) is 11.0. The zero-order chi connectivity index (χ0) is 23.9. The van der Waals surface area contributed by atoms with E-state index in [0.717, 1.165) is 5.57 Å². The second-order valence-corrected chi connectivity index (χ2v) is 8.40. The Balaban J connectivity index is 2.11. The quantitative estimate of drug-likeness (QED) is 0.376. The Kier molecular flexibility index (Phi) is 9.16. The molecule has 3 atom stereocenters. The monoisotopic (exact) mass is 454 g/mol. The molecule has 2 rings (SSSR count). The first-order valence-corrected chi connectivity index (χ1v) is 11.0. The highest BCUT2D eigenvalue weighted by Crippen LogP contribution is 2.33. The van der Waals surface area contributed by atoms with E-state index in [1.54, 1.807) is 32.2 Å². The summed E-state index contributed by atoms with van der Waals surface area (Å²) in [5, 5.41) is 16.1. The summed E-state index contributed by atoms with van der Waals surface area (Å²) in [6, 6.07) is 0. The summed E-state index contributed by atoms with van der Waals surface area (Å²) in [5.41, 5.74) is 0.873. The minimum absolute atomic E-state index is 0.0172. The molecule has 1 aliphatic carbocycles. The molecule has 32 heavy (non-hydrogen) atoms. The number of esters is 1. The molecule has 1 N–H and O–H groups in total. The van der Waals surface area contributed by atoms with Gasteiger partial charge in [-0.1, -0.05) is 24.6 Å². The normalized spacial score (nSPS) is 23.5. The molecule has 0 fully saturated rings. The van der Waals surface area contributed by atoms with Gasteiger partial charge in [0, 0.05) is 31.1 Å². The third-order valence-corrected chi connectivity index (χ3v) is 5.70. The molecular formula is C24H33F3N2O3. The van der Waals surface area contributed by atoms with Crippen LogP contribution in [-0.4, -0.2) is 48.2 Å². The highest BCUT2D eigenvalue weighted by atomic mass is 19.4. The fraction of sp³-hybridized carbons (Fsp3) is 0.583. The van der Waals surface area contributed by atoms with E-state index < -0.39 is 11.7 Å². The van der Waals surface area contributed by atoms with Gasteiger partial charge in [-0.15, -0.1) is 0 Å². The number of aliphatic hydroxyl groups is 1. The van der Waals surface area contributed by atoms with E-state index in [2.05, 4.69) is 5.10 Å². The van der Waals surface area contributed by atoms with Crippen LogP contribution in [0.1, 0.15) is 47.0 Å². The van der Waals surface area contributed by atoms with E-state index in [-0.39, 0.29) is 29.5 Å². The highest BCUT2D eigenvalue weighted by Gasteiger charge is 2.33. The molecule has 0 aromatic heterocycles. The third-order valence-electron chi connectivity index (χ3n) is 5.70. The number of aliphatic hydroxyl groups excluding tert-OH is 1. The molecule has 2 aliphatic rings. The van der Waals surface area contributed by atoms with Gasteiger partial charge >= 0.3 is 12.1 Å². The summed E-state index contributed by atoms with van der Waals surface area (Å²) in [7, 11) is 0. The maximum atomic E-state index is 13.0. The molecule has 0 spiro atoms. The summed E-state index contributed by atoms with van der Waals surface area (Å²) in [6.07, 6.45) is 4.77. The fourth-order valence-electron chi connectivity index (χ4n) is 3.89. The Bertz CT molecular complexity index is 821. The van der Waals surface area contributed by atoms with Gasteiger partial charge in [0.2, 0.25) is 0 Å². The van der Waals surface area contributed by atoms with Crippen molar-refractivity contribution >= 4 is 12.2 Å². The largest absolute Gasteiger partial charge is 0.513 e. The fourth-order valence-corrected chi connectivity index (χ4v) is 3.89. The van der Waals surface area contributed by atoms with Gasteiger partial charge in [0.15, 0.2) is 0 Å². The van der Waals surface area contributed by atoms with Crippen molar-refractivity contribution in [1.82, 2.24) is 5.01 Å². The van der Waals surface area contributed by atoms with E-state index in [1.165, 1.54) is 12.2 Å². The van der Waals surface area contributed by atoms with Gasteiger partial charge in [0.05, 0.1) is 23.9 Å². The SMILES string of the molecule is CCOC(=O)C1CN(CCC(/C=C(/C)O)/C(C)=C\C2=CC(C(F)(F)F)=CCC2)N=C[C@H]1C. The Morgan fingerprint density at radius 1 is 1.41 bits per heavy atom. The Labute approximate surface area is 188 Å². The van der Waals surface area contributed by atoms with Crippen molar-refractivity contribution in [3.8, 4) is 0 Å². The number of rotatable bonds is 8. The van der Waals surface area contributed by atoms with Crippen LogP contribution < -0.4 is 0 Å². The zero-order valence-electron chi connectivity index (χ0n) is 19.2. The summed E-state index contributed by atoms with van der Waals surface area (Å²) < 4.78 is 44.3. The molecule has 178 valence electrons. The number of carbonyl (C=O) groups is 1. The molecule has 0 saturated heterocycles. The number of carbonyl (C=O) groups excluding carboxylic acids is 1. The summed E-state index contributed by atoms with van der Waals surface area (Å²) in [4.78, 5) is 12.2. The second kappa shape index (κ2) is 11.4. The van der Waals surface area contributed by atoms with Gasteiger partial charge in [0.25, 0.3) is 0 Å². The number of alkyl halides is 3. The highest BCUT2D eigenvalue weighted by molar-refractivity contribution is 5.78. The standard InChI is InChI=1S/C24H33F3N2O3/c1-5-32-23(31)22-15-29(28-14-17(22)3)10-9-20(12-18(4)30)16(2)11-19-7-6-8-21(13-19)24(25,26)27/h8,11-14,17,20,22,30H,5-7,9-10,15H2,1-4H3/b16-11-,18-12-/t17-,20?,22?/m1/s1. The van der Waals surface area contributed by atoms with Crippen LogP contribution >= 0.6 is 0 Å². The molecule has 1 aliphatic heterocycles. The summed E-state index contributed by atoms with van der Waals surface area (Å²) in [5.74, 6) is -0.574. The van der Waals surface area contributed by atoms with E-state index in [1.807, 2.05) is 18.9 Å². The number of halogens is 3. The number of hydrogen-bond donors (Lipinski definition) is 1. The van der Waals surface area contributed by atoms with Crippen molar-refractivity contribution in [3.05, 3.63) is 46.8 Å². The summed E-state index contributed by atoms with van der Waals surface area (Å²) in [6.45, 7) is 8.44. The average Bonchev–Trinajstić information content (AvgIpc) is 2.71. The average molecular weight is 455 g/mol. The smallest absolute Gasteiger partial charge is 0.416 e. The lowest BCUT2D eigenvalue weighted by Crippen LogP contribution is -2.40. The first kappa shape index (κ1) is 25.7. The molecule has 0 radical (unpaired) electrons. The zero-order valence-corrected chi connectivity index (χ0v) is 19.2. The van der Waals surface area contributed by atoms with Crippen molar-refractivity contribution in [3.63, 3.8) is 0 Å². The van der Waals surface area contributed by atoms with Crippen molar-refractivity contribution < 1.29 is 27.8 Å². The molecule has 0 saturated carbocycles. The Morgan fingerprint density at radius 3 is 2.75 bits per heavy atom. The van der Waals surface area contributed by atoms with Crippen molar-refractivity contribution in [2.24, 2.45) is 22.9 Å². The van der Waals surface area contributed by atoms with E-state index in [9.17, 15) is 23.1 Å². The van der Waals surface area contributed by atoms with Crippen LogP contribution in [0.3, 0.4) is 0 Å². The maximum absolute atomic E-state index is 13.0. The maximum Gasteiger partial charge on any atom is 0.416 e. The lowest BCUT2D eigenvalue weighted by atomic mass is 9.90. The molecule has 0 aromatic rings. The number of hydrazone groups is 1. The van der Waals surface area contributed by atoms with E-state index >= 15 is 0 Å². The molecular weight excluding hydrogens is 421 g/mol. The summed E-state index contributed by atoms with van der Waals surface area (Å²) >= 11 is 0. The number of hydrogen-bond acceptors (Lipinski definition) is 5. The van der Waals surface area contributed by atoms with Crippen LogP contribution in [0.5, 0.6) is 0 Å². The molecule has 0 bridgehead atoms. The molecule has 0 amide bonds. The Morgan fingerprint density at radius 2 is 2.12 bits per heavy atom. The predicted octanol–water partition coefficient (Wildman–Crippen LogP) is 5.73. The Hall–Kier alpha value is -2.51. The van der Waals surface area contributed by atoms with Crippen molar-refractivity contribution in [2.45, 2.75) is 53.1 Å². The van der Waals surface area contributed by atoms with E-state index in [4.69, 9.17) is 4.74 Å². The molecule has 1 heterocycles. The second-order valence-electron chi connectivity index (χ2n) is 8.40. The van der Waals surface area contributed by atoms with Crippen LogP contribution in [0.25, 0.3) is 0 Å². The topological polar surface area (TPSA) is 62.1 Å². The van der Waals surface area contributed by atoms with Gasteiger partial charge in [-0.05, 0) is 57.8 Å². The third kappa shape index (κ3) is 7.57. The van der Waals surface area contributed by atoms with Gasteiger partial charge < -0.3 is 9.84 Å². The van der Waals surface area contributed by atoms with Crippen LogP contribution in [0.15, 0.2) is 51.9 Å². The van der Waals surface area contributed by atoms with Crippen molar-refractivity contribution in [1.29, 1.82) is 0 Å². The number of allylic oxidation sites excluding steroid dienone is 8. The van der Waals surface area contributed by atoms with Crippen LogP contribution in [0, 0.1) is 17.8 Å².